The molecule has 0 unspecified atom stereocenters. The maximum Gasteiger partial charge on any atom is 0.387 e. The minimum Gasteiger partial charge on any atom is -0.435 e. The summed E-state index contributed by atoms with van der Waals surface area (Å²) in [5, 5.41) is 10.9. The average Bonchev–Trinajstić information content (AvgIpc) is 3.52. The van der Waals surface area contributed by atoms with Crippen LogP contribution in [0.1, 0.15) is 26.6 Å². The lowest BCUT2D eigenvalue weighted by molar-refractivity contribution is -0.0498. The van der Waals surface area contributed by atoms with Gasteiger partial charge in [-0.15, -0.1) is 21.5 Å². The highest BCUT2D eigenvalue weighted by Gasteiger charge is 2.18. The van der Waals surface area contributed by atoms with Gasteiger partial charge in [-0.05, 0) is 62.0 Å². The van der Waals surface area contributed by atoms with Crippen molar-refractivity contribution in [3.63, 3.8) is 0 Å². The summed E-state index contributed by atoms with van der Waals surface area (Å²) in [6, 6.07) is 12.3. The molecule has 0 N–H and O–H groups in total. The number of alkyl halides is 2. The number of hydrogen-bond acceptors (Lipinski definition) is 6. The number of hydrogen-bond donors (Lipinski definition) is 0. The Bertz CT molecular complexity index is 1220. The van der Waals surface area contributed by atoms with E-state index >= 15 is 0 Å². The Labute approximate surface area is 198 Å². The van der Waals surface area contributed by atoms with Gasteiger partial charge in [-0.3, -0.25) is 4.79 Å². The highest BCUT2D eigenvalue weighted by molar-refractivity contribution is 7.99. The van der Waals surface area contributed by atoms with Crippen molar-refractivity contribution in [1.29, 1.82) is 0 Å². The van der Waals surface area contributed by atoms with Crippen LogP contribution in [0.3, 0.4) is 0 Å². The van der Waals surface area contributed by atoms with Gasteiger partial charge in [0.25, 0.3) is 0 Å². The Morgan fingerprint density at radius 3 is 2.70 bits per heavy atom. The summed E-state index contributed by atoms with van der Waals surface area (Å²) in [5.41, 5.74) is 3.06. The molecule has 0 spiro atoms. The van der Waals surface area contributed by atoms with E-state index in [-0.39, 0.29) is 17.3 Å². The van der Waals surface area contributed by atoms with Crippen LogP contribution in [0.2, 0.25) is 0 Å². The van der Waals surface area contributed by atoms with Gasteiger partial charge in [0.2, 0.25) is 0 Å². The zero-order chi connectivity index (χ0) is 23.4. The highest BCUT2D eigenvalue weighted by atomic mass is 32.2. The highest BCUT2D eigenvalue weighted by Crippen LogP contribution is 2.25. The number of carbonyl (C=O) groups is 1. The van der Waals surface area contributed by atoms with Crippen molar-refractivity contribution < 1.29 is 18.3 Å². The van der Waals surface area contributed by atoms with E-state index in [0.29, 0.717) is 10.7 Å². The molecule has 33 heavy (non-hydrogen) atoms. The molecule has 172 valence electrons. The molecule has 0 aliphatic carbocycles. The third-order valence-corrected chi connectivity index (χ3v) is 7.06. The van der Waals surface area contributed by atoms with Crippen molar-refractivity contribution in [2.24, 2.45) is 0 Å². The largest absolute Gasteiger partial charge is 0.435 e. The number of ether oxygens (including phenoxy) is 1. The van der Waals surface area contributed by atoms with E-state index in [1.807, 2.05) is 35.1 Å². The van der Waals surface area contributed by atoms with Gasteiger partial charge in [0.1, 0.15) is 12.1 Å². The fourth-order valence-corrected chi connectivity index (χ4v) is 5.14. The molecule has 0 fully saturated rings. The number of thiophene rings is 1. The minimum absolute atomic E-state index is 0.00943. The maximum absolute atomic E-state index is 13.0. The van der Waals surface area contributed by atoms with Gasteiger partial charge in [-0.2, -0.15) is 8.78 Å². The van der Waals surface area contributed by atoms with Gasteiger partial charge in [-0.1, -0.05) is 17.8 Å². The third-order valence-electron chi connectivity index (χ3n) is 5.14. The molecule has 0 bridgehead atoms. The monoisotopic (exact) mass is 488 g/mol. The van der Waals surface area contributed by atoms with Crippen LogP contribution in [0.15, 0.2) is 59.3 Å². The number of ketones is 1. The molecule has 0 saturated carbocycles. The number of halogens is 2. The molecule has 10 heteroatoms. The second-order valence-electron chi connectivity index (χ2n) is 7.34. The van der Waals surface area contributed by atoms with Crippen LogP contribution in [0.5, 0.6) is 5.75 Å². The van der Waals surface area contributed by atoms with Crippen LogP contribution >= 0.6 is 23.1 Å². The van der Waals surface area contributed by atoms with Crippen LogP contribution in [-0.2, 0) is 13.0 Å². The molecule has 4 rings (SSSR count). The van der Waals surface area contributed by atoms with Crippen molar-refractivity contribution in [3.05, 3.63) is 76.0 Å². The fraction of sp³-hybridized carbons (Fsp3) is 0.261. The molecular weight excluding hydrogens is 466 g/mol. The van der Waals surface area contributed by atoms with Crippen molar-refractivity contribution >= 4 is 28.9 Å². The van der Waals surface area contributed by atoms with Crippen molar-refractivity contribution in [2.45, 2.75) is 38.6 Å². The molecule has 6 nitrogen and oxygen atoms in total. The lowest BCUT2D eigenvalue weighted by atomic mass is 10.2. The number of nitrogens with zero attached hydrogens (tertiary/aromatic N) is 4. The quantitative estimate of drug-likeness (QED) is 0.216. The number of benzene rings is 1. The Hall–Kier alpha value is -2.98. The van der Waals surface area contributed by atoms with E-state index in [9.17, 15) is 13.6 Å². The first-order chi connectivity index (χ1) is 15.9. The molecule has 0 saturated heterocycles. The van der Waals surface area contributed by atoms with E-state index in [2.05, 4.69) is 26.4 Å². The van der Waals surface area contributed by atoms with E-state index < -0.39 is 6.61 Å². The molecule has 0 radical (unpaired) electrons. The van der Waals surface area contributed by atoms with Crippen LogP contribution < -0.4 is 4.74 Å². The lowest BCUT2D eigenvalue weighted by Gasteiger charge is -2.11. The van der Waals surface area contributed by atoms with Crippen LogP contribution in [-0.4, -0.2) is 37.5 Å². The fourth-order valence-electron chi connectivity index (χ4n) is 3.62. The van der Waals surface area contributed by atoms with Crippen molar-refractivity contribution in [3.8, 4) is 11.4 Å². The first-order valence-electron chi connectivity index (χ1n) is 10.2. The zero-order valence-corrected chi connectivity index (χ0v) is 19.7. The SMILES string of the molecule is Cc1cc(C(=O)CSc2nncn2CCc2cccs2)c(C)n1-c1ccc(OC(F)F)cc1. The molecule has 0 aliphatic heterocycles. The van der Waals surface area contributed by atoms with Gasteiger partial charge in [-0.25, -0.2) is 0 Å². The van der Waals surface area contributed by atoms with E-state index in [0.717, 1.165) is 30.0 Å². The second-order valence-corrected chi connectivity index (χ2v) is 9.32. The molecule has 0 amide bonds. The number of aryl methyl sites for hydroxylation is 3. The van der Waals surface area contributed by atoms with Gasteiger partial charge >= 0.3 is 6.61 Å². The molecular formula is C23H22F2N4O2S2. The minimum atomic E-state index is -2.87. The summed E-state index contributed by atoms with van der Waals surface area (Å²) in [4.78, 5) is 14.3. The molecule has 0 atom stereocenters. The van der Waals surface area contributed by atoms with Gasteiger partial charge in [0.05, 0.1) is 5.75 Å². The normalized spacial score (nSPS) is 11.3. The number of carbonyl (C=O) groups excluding carboxylic acids is 1. The predicted molar refractivity (Wildman–Crippen MR) is 125 cm³/mol. The van der Waals surface area contributed by atoms with E-state index in [1.54, 1.807) is 29.8 Å². The molecule has 3 aromatic heterocycles. The number of rotatable bonds is 10. The Kier molecular flexibility index (Phi) is 7.24. The Morgan fingerprint density at radius 1 is 1.21 bits per heavy atom. The van der Waals surface area contributed by atoms with Gasteiger partial charge < -0.3 is 13.9 Å². The maximum atomic E-state index is 13.0. The van der Waals surface area contributed by atoms with Crippen molar-refractivity contribution in [1.82, 2.24) is 19.3 Å². The number of Topliss-reactive ketones (excluding diaryl/α,β-unsaturated/α-hetero) is 1. The molecule has 1 aromatic carbocycles. The number of thioether (sulfide) groups is 1. The van der Waals surface area contributed by atoms with Gasteiger partial charge in [0, 0.05) is 34.1 Å². The Morgan fingerprint density at radius 2 is 2.00 bits per heavy atom. The predicted octanol–water partition coefficient (Wildman–Crippen LogP) is 5.57. The van der Waals surface area contributed by atoms with Crippen LogP contribution in [0.4, 0.5) is 8.78 Å². The molecule has 0 aliphatic rings. The van der Waals surface area contributed by atoms with E-state index in [1.165, 1.54) is 28.8 Å². The molecule has 4 aromatic rings. The van der Waals surface area contributed by atoms with Crippen molar-refractivity contribution in [2.75, 3.05) is 5.75 Å². The van der Waals surface area contributed by atoms with Crippen LogP contribution in [0.25, 0.3) is 5.69 Å². The summed E-state index contributed by atoms with van der Waals surface area (Å²) in [5.74, 6) is 0.320. The summed E-state index contributed by atoms with van der Waals surface area (Å²) in [7, 11) is 0. The standard InChI is InChI=1S/C23H22F2N4O2S2/c1-15-12-20(16(2)29(15)17-5-7-18(8-6-17)31-22(24)25)21(30)13-33-23-27-26-14-28(23)10-9-19-4-3-11-32-19/h3-8,11-12,14,22H,9-10,13H2,1-2H3. The third kappa shape index (κ3) is 5.51. The summed E-state index contributed by atoms with van der Waals surface area (Å²) in [6.45, 7) is 1.66. The smallest absolute Gasteiger partial charge is 0.387 e. The summed E-state index contributed by atoms with van der Waals surface area (Å²) >= 11 is 3.08. The molecule has 3 heterocycles. The lowest BCUT2D eigenvalue weighted by Crippen LogP contribution is -2.07. The van der Waals surface area contributed by atoms with Gasteiger partial charge in [0.15, 0.2) is 10.9 Å². The first kappa shape index (κ1) is 23.2. The van der Waals surface area contributed by atoms with E-state index in [4.69, 9.17) is 0 Å². The second kappa shape index (κ2) is 10.3. The summed E-state index contributed by atoms with van der Waals surface area (Å²) in [6.07, 6.45) is 2.58. The average molecular weight is 489 g/mol. The topological polar surface area (TPSA) is 61.9 Å². The number of aromatic nitrogens is 4. The first-order valence-corrected chi connectivity index (χ1v) is 12.1. The zero-order valence-electron chi connectivity index (χ0n) is 18.1. The summed E-state index contributed by atoms with van der Waals surface area (Å²) < 4.78 is 33.1. The van der Waals surface area contributed by atoms with Crippen LogP contribution in [0, 0.1) is 13.8 Å². The Balaban J connectivity index is 1.43.